The lowest BCUT2D eigenvalue weighted by atomic mass is 10.2. The molecule has 0 aliphatic rings. The monoisotopic (exact) mass is 388 g/mol. The Morgan fingerprint density at radius 3 is 2.52 bits per heavy atom. The van der Waals surface area contributed by atoms with Crippen molar-refractivity contribution in [2.45, 2.75) is 6.92 Å². The van der Waals surface area contributed by atoms with Crippen LogP contribution in [-0.4, -0.2) is 11.8 Å². The van der Waals surface area contributed by atoms with E-state index in [9.17, 15) is 9.59 Å². The third kappa shape index (κ3) is 3.60. The molecule has 2 N–H and O–H groups in total. The zero-order chi connectivity index (χ0) is 16.4. The molecule has 3 aromatic rings. The average Bonchev–Trinajstić information content (AvgIpc) is 2.94. The minimum absolute atomic E-state index is 0.190. The normalized spacial score (nSPS) is 10.5. The van der Waals surface area contributed by atoms with Crippen LogP contribution >= 0.6 is 27.3 Å². The second-order valence-electron chi connectivity index (χ2n) is 4.97. The summed E-state index contributed by atoms with van der Waals surface area (Å²) in [5, 5.41) is 6.61. The third-order valence-electron chi connectivity index (χ3n) is 3.19. The topological polar surface area (TPSA) is 58.2 Å². The number of nitrogens with one attached hydrogen (secondary N) is 2. The number of carbonyl (C=O) groups is 2. The van der Waals surface area contributed by atoms with Gasteiger partial charge < -0.3 is 10.6 Å². The Balaban J connectivity index is 1.90. The maximum absolute atomic E-state index is 12.5. The molecular weight excluding hydrogens is 376 g/mol. The van der Waals surface area contributed by atoms with E-state index in [4.69, 9.17) is 0 Å². The zero-order valence-electron chi connectivity index (χ0n) is 12.2. The van der Waals surface area contributed by atoms with Crippen LogP contribution in [0.5, 0.6) is 0 Å². The van der Waals surface area contributed by atoms with Crippen molar-refractivity contribution in [3.63, 3.8) is 0 Å². The van der Waals surface area contributed by atoms with Gasteiger partial charge >= 0.3 is 0 Å². The molecule has 0 atom stereocenters. The summed E-state index contributed by atoms with van der Waals surface area (Å²) in [5.74, 6) is -0.388. The van der Waals surface area contributed by atoms with Gasteiger partial charge in [0.15, 0.2) is 0 Å². The summed E-state index contributed by atoms with van der Waals surface area (Å²) in [6.07, 6.45) is 0. The van der Waals surface area contributed by atoms with Gasteiger partial charge in [0.05, 0.1) is 16.3 Å². The molecule has 3 rings (SSSR count). The van der Waals surface area contributed by atoms with Gasteiger partial charge in [-0.15, -0.1) is 11.3 Å². The molecule has 0 spiro atoms. The number of hydrogen-bond acceptors (Lipinski definition) is 3. The van der Waals surface area contributed by atoms with E-state index in [1.165, 1.54) is 18.3 Å². The number of fused-ring (bicyclic) bond motifs is 1. The molecule has 0 fully saturated rings. The van der Waals surface area contributed by atoms with Gasteiger partial charge in [-0.1, -0.05) is 34.1 Å². The number of benzene rings is 2. The van der Waals surface area contributed by atoms with Crippen molar-refractivity contribution < 1.29 is 9.59 Å². The Hall–Kier alpha value is -2.18. The molecule has 1 heterocycles. The number of amides is 2. The molecule has 2 aromatic carbocycles. The van der Waals surface area contributed by atoms with Gasteiger partial charge in [-0.3, -0.25) is 9.59 Å². The number of carbonyl (C=O) groups excluding carboxylic acids is 2. The van der Waals surface area contributed by atoms with E-state index in [-0.39, 0.29) is 11.8 Å². The number of rotatable bonds is 3. The molecule has 116 valence electrons. The van der Waals surface area contributed by atoms with E-state index in [2.05, 4.69) is 26.6 Å². The Morgan fingerprint density at radius 1 is 1.00 bits per heavy atom. The fourth-order valence-corrected chi connectivity index (χ4v) is 3.52. The van der Waals surface area contributed by atoms with E-state index in [0.29, 0.717) is 16.3 Å². The number of thiophene rings is 1. The first-order chi connectivity index (χ1) is 11.0. The molecule has 4 nitrogen and oxygen atoms in total. The Kier molecular flexibility index (Phi) is 4.45. The van der Waals surface area contributed by atoms with Crippen molar-refractivity contribution in [1.29, 1.82) is 0 Å². The van der Waals surface area contributed by atoms with Crippen molar-refractivity contribution in [3.8, 4) is 0 Å². The van der Waals surface area contributed by atoms with Crippen molar-refractivity contribution >= 4 is 60.5 Å². The molecule has 0 unspecified atom stereocenters. The van der Waals surface area contributed by atoms with Crippen molar-refractivity contribution in [2.24, 2.45) is 0 Å². The first-order valence-corrected chi connectivity index (χ1v) is 8.51. The van der Waals surface area contributed by atoms with E-state index in [1.807, 2.05) is 30.3 Å². The van der Waals surface area contributed by atoms with Crippen LogP contribution in [0.1, 0.15) is 16.6 Å². The van der Waals surface area contributed by atoms with Crippen molar-refractivity contribution in [1.82, 2.24) is 0 Å². The summed E-state index contributed by atoms with van der Waals surface area (Å²) in [6, 6.07) is 15.0. The molecule has 23 heavy (non-hydrogen) atoms. The van der Waals surface area contributed by atoms with E-state index in [0.717, 1.165) is 14.6 Å². The summed E-state index contributed by atoms with van der Waals surface area (Å²) in [7, 11) is 0. The Bertz CT molecular complexity index is 871. The van der Waals surface area contributed by atoms with Gasteiger partial charge in [-0.05, 0) is 35.7 Å². The minimum Gasteiger partial charge on any atom is -0.325 e. The van der Waals surface area contributed by atoms with Gasteiger partial charge in [0.2, 0.25) is 5.91 Å². The van der Waals surface area contributed by atoms with Gasteiger partial charge in [-0.25, -0.2) is 0 Å². The summed E-state index contributed by atoms with van der Waals surface area (Å²) >= 11 is 4.81. The molecule has 0 aliphatic heterocycles. The highest BCUT2D eigenvalue weighted by Crippen LogP contribution is 2.29. The molecule has 0 saturated carbocycles. The molecule has 0 aliphatic carbocycles. The van der Waals surface area contributed by atoms with Crippen molar-refractivity contribution in [2.75, 3.05) is 10.6 Å². The first kappa shape index (κ1) is 15.7. The van der Waals surface area contributed by atoms with Crippen LogP contribution in [-0.2, 0) is 4.79 Å². The minimum atomic E-state index is -0.198. The van der Waals surface area contributed by atoms with Gasteiger partial charge in [0, 0.05) is 16.1 Å². The van der Waals surface area contributed by atoms with Gasteiger partial charge in [0.1, 0.15) is 0 Å². The summed E-state index contributed by atoms with van der Waals surface area (Å²) in [5.41, 5.74) is 1.12. The van der Waals surface area contributed by atoms with E-state index in [1.54, 1.807) is 18.2 Å². The highest BCUT2D eigenvalue weighted by Gasteiger charge is 2.13. The van der Waals surface area contributed by atoms with Crippen LogP contribution in [0.2, 0.25) is 0 Å². The smallest absolute Gasteiger partial charge is 0.265 e. The summed E-state index contributed by atoms with van der Waals surface area (Å²) in [4.78, 5) is 24.4. The van der Waals surface area contributed by atoms with Gasteiger partial charge in [0.25, 0.3) is 5.91 Å². The van der Waals surface area contributed by atoms with E-state index >= 15 is 0 Å². The molecule has 0 saturated heterocycles. The van der Waals surface area contributed by atoms with Crippen LogP contribution in [0.4, 0.5) is 11.4 Å². The largest absolute Gasteiger partial charge is 0.325 e. The van der Waals surface area contributed by atoms with E-state index < -0.39 is 0 Å². The fourth-order valence-electron chi connectivity index (χ4n) is 2.20. The maximum Gasteiger partial charge on any atom is 0.265 e. The second-order valence-corrected chi connectivity index (χ2v) is 6.97. The van der Waals surface area contributed by atoms with Crippen molar-refractivity contribution in [3.05, 3.63) is 57.9 Å². The fraction of sp³-hybridized carbons (Fsp3) is 0.0588. The molecule has 6 heteroatoms. The molecule has 0 radical (unpaired) electrons. The average molecular weight is 389 g/mol. The number of hydrogen-bond donors (Lipinski definition) is 2. The molecular formula is C17H13BrN2O2S. The first-order valence-electron chi connectivity index (χ1n) is 6.90. The van der Waals surface area contributed by atoms with Crippen LogP contribution < -0.4 is 10.6 Å². The molecule has 1 aromatic heterocycles. The molecule has 0 bridgehead atoms. The predicted octanol–water partition coefficient (Wildman–Crippen LogP) is 4.87. The van der Waals surface area contributed by atoms with Crippen LogP contribution in [0, 0.1) is 0 Å². The maximum atomic E-state index is 12.5. The highest BCUT2D eigenvalue weighted by molar-refractivity contribution is 9.10. The Morgan fingerprint density at radius 2 is 1.78 bits per heavy atom. The lowest BCUT2D eigenvalue weighted by Gasteiger charge is -2.11. The van der Waals surface area contributed by atoms with Gasteiger partial charge in [-0.2, -0.15) is 0 Å². The zero-order valence-corrected chi connectivity index (χ0v) is 14.6. The lowest BCUT2D eigenvalue weighted by Crippen LogP contribution is -2.14. The predicted molar refractivity (Wildman–Crippen MR) is 98.2 cm³/mol. The summed E-state index contributed by atoms with van der Waals surface area (Å²) < 4.78 is 1.88. The van der Waals surface area contributed by atoms with Crippen LogP contribution in [0.25, 0.3) is 10.1 Å². The number of halogens is 1. The van der Waals surface area contributed by atoms with Crippen LogP contribution in [0.15, 0.2) is 53.0 Å². The number of anilines is 2. The van der Waals surface area contributed by atoms with Crippen LogP contribution in [0.3, 0.4) is 0 Å². The highest BCUT2D eigenvalue weighted by atomic mass is 79.9. The Labute approximate surface area is 145 Å². The SMILES string of the molecule is CC(=O)Nc1ccc(Br)cc1NC(=O)c1cc2ccccc2s1. The molecule has 2 amide bonds. The second kappa shape index (κ2) is 6.52. The third-order valence-corrected chi connectivity index (χ3v) is 4.80. The summed E-state index contributed by atoms with van der Waals surface area (Å²) in [6.45, 7) is 1.43. The lowest BCUT2D eigenvalue weighted by molar-refractivity contribution is -0.114. The quantitative estimate of drug-likeness (QED) is 0.671. The standard InChI is InChI=1S/C17H13BrN2O2S/c1-10(21)19-13-7-6-12(18)9-14(13)20-17(22)16-8-11-4-2-3-5-15(11)23-16/h2-9H,1H3,(H,19,21)(H,20,22).